The molecule has 0 radical (unpaired) electrons. The number of carboxylic acid groups (broad SMARTS) is 1. The van der Waals surface area contributed by atoms with Gasteiger partial charge in [-0.1, -0.05) is 18.2 Å². The number of nitrogens with zero attached hydrogens (tertiary/aromatic N) is 1. The van der Waals surface area contributed by atoms with Crippen LogP contribution in [0.3, 0.4) is 0 Å². The van der Waals surface area contributed by atoms with Crippen molar-refractivity contribution < 1.29 is 9.90 Å². The van der Waals surface area contributed by atoms with Gasteiger partial charge in [0.2, 0.25) is 0 Å². The number of benzene rings is 1. The van der Waals surface area contributed by atoms with Crippen molar-refractivity contribution in [3.05, 3.63) is 36.0 Å². The fourth-order valence-electron chi connectivity index (χ4n) is 2.85. The van der Waals surface area contributed by atoms with E-state index in [0.29, 0.717) is 0 Å². The molecule has 18 heavy (non-hydrogen) atoms. The number of rotatable bonds is 3. The first kappa shape index (κ1) is 11.3. The van der Waals surface area contributed by atoms with Gasteiger partial charge < -0.3 is 9.67 Å². The lowest BCUT2D eigenvalue weighted by molar-refractivity contribution is -0.147. The lowest BCUT2D eigenvalue weighted by Gasteiger charge is -2.28. The Kier molecular flexibility index (Phi) is 2.27. The predicted molar refractivity (Wildman–Crippen MR) is 70.7 cm³/mol. The van der Waals surface area contributed by atoms with Crippen molar-refractivity contribution in [3.63, 3.8) is 0 Å². The number of aliphatic carboxylic acids is 1. The fourth-order valence-corrected chi connectivity index (χ4v) is 2.85. The number of fused-ring (bicyclic) bond motifs is 1. The van der Waals surface area contributed by atoms with Crippen molar-refractivity contribution in [2.24, 2.45) is 5.92 Å². The molecule has 1 heterocycles. The van der Waals surface area contributed by atoms with Crippen molar-refractivity contribution in [1.29, 1.82) is 0 Å². The summed E-state index contributed by atoms with van der Waals surface area (Å²) in [4.78, 5) is 11.7. The number of aryl methyl sites for hydroxylation is 1. The Hall–Kier alpha value is -1.77. The van der Waals surface area contributed by atoms with Gasteiger partial charge in [0.1, 0.15) is 5.54 Å². The van der Waals surface area contributed by atoms with Crippen LogP contribution in [0.1, 0.15) is 25.3 Å². The van der Waals surface area contributed by atoms with Crippen LogP contribution in [0.15, 0.2) is 30.5 Å². The summed E-state index contributed by atoms with van der Waals surface area (Å²) in [5, 5.41) is 10.8. The molecule has 3 heteroatoms. The second-order valence-electron chi connectivity index (χ2n) is 5.43. The van der Waals surface area contributed by atoms with Crippen molar-refractivity contribution in [1.82, 2.24) is 4.57 Å². The summed E-state index contributed by atoms with van der Waals surface area (Å²) in [5.41, 5.74) is 1.35. The first-order valence-electron chi connectivity index (χ1n) is 6.35. The molecule has 0 spiro atoms. The molecule has 1 N–H and O–H groups in total. The average Bonchev–Trinajstić information content (AvgIpc) is 3.15. The number of para-hydroxylation sites is 1. The third-order valence-corrected chi connectivity index (χ3v) is 4.22. The molecule has 1 aliphatic carbocycles. The normalized spacial score (nSPS) is 18.8. The van der Waals surface area contributed by atoms with E-state index in [4.69, 9.17) is 0 Å². The Bertz CT molecular complexity index is 624. The Labute approximate surface area is 106 Å². The molecule has 1 atom stereocenters. The molecule has 1 saturated carbocycles. The van der Waals surface area contributed by atoms with E-state index in [1.54, 1.807) is 0 Å². The van der Waals surface area contributed by atoms with E-state index in [-0.39, 0.29) is 5.92 Å². The first-order chi connectivity index (χ1) is 8.55. The minimum absolute atomic E-state index is 0.255. The van der Waals surface area contributed by atoms with Gasteiger partial charge in [0, 0.05) is 17.1 Å². The van der Waals surface area contributed by atoms with E-state index in [2.05, 4.69) is 6.07 Å². The molecule has 0 amide bonds. The minimum atomic E-state index is -0.812. The lowest BCUT2D eigenvalue weighted by atomic mass is 9.95. The van der Waals surface area contributed by atoms with Gasteiger partial charge in [-0.05, 0) is 44.2 Å². The highest BCUT2D eigenvalue weighted by atomic mass is 16.4. The van der Waals surface area contributed by atoms with E-state index in [1.807, 2.05) is 42.8 Å². The number of hydrogen-bond acceptors (Lipinski definition) is 1. The van der Waals surface area contributed by atoms with E-state index >= 15 is 0 Å². The van der Waals surface area contributed by atoms with Gasteiger partial charge in [0.05, 0.1) is 0 Å². The molecule has 2 aromatic rings. The standard InChI is InChI=1S/C15H17NO2/c1-10-9-16(13-6-4-3-5-12(10)13)15(2,14(17)18)11-7-8-11/h3-6,9,11H,7-8H2,1-2H3,(H,17,18). The summed E-state index contributed by atoms with van der Waals surface area (Å²) < 4.78 is 1.96. The van der Waals surface area contributed by atoms with E-state index in [9.17, 15) is 9.90 Å². The maximum atomic E-state index is 11.7. The van der Waals surface area contributed by atoms with Gasteiger partial charge in [0.25, 0.3) is 0 Å². The number of hydrogen-bond donors (Lipinski definition) is 1. The molecule has 1 aliphatic rings. The van der Waals surface area contributed by atoms with Crippen LogP contribution in [0, 0.1) is 12.8 Å². The first-order valence-corrected chi connectivity index (χ1v) is 6.35. The molecule has 1 aromatic carbocycles. The maximum absolute atomic E-state index is 11.7. The van der Waals surface area contributed by atoms with Crippen LogP contribution in [0.4, 0.5) is 0 Å². The smallest absolute Gasteiger partial charge is 0.329 e. The Morgan fingerprint density at radius 1 is 1.39 bits per heavy atom. The van der Waals surface area contributed by atoms with Crippen molar-refractivity contribution in [2.45, 2.75) is 32.2 Å². The van der Waals surface area contributed by atoms with Gasteiger partial charge in [-0.2, -0.15) is 0 Å². The van der Waals surface area contributed by atoms with E-state index in [1.165, 1.54) is 0 Å². The van der Waals surface area contributed by atoms with Crippen molar-refractivity contribution >= 4 is 16.9 Å². The highest BCUT2D eigenvalue weighted by Gasteiger charge is 2.49. The molecule has 0 bridgehead atoms. The van der Waals surface area contributed by atoms with Crippen LogP contribution in [0.5, 0.6) is 0 Å². The molecule has 3 rings (SSSR count). The van der Waals surface area contributed by atoms with Crippen LogP contribution >= 0.6 is 0 Å². The molecule has 1 fully saturated rings. The van der Waals surface area contributed by atoms with Crippen LogP contribution in [0.2, 0.25) is 0 Å². The van der Waals surface area contributed by atoms with Gasteiger partial charge in [0.15, 0.2) is 0 Å². The summed E-state index contributed by atoms with van der Waals surface area (Å²) in [5.74, 6) is -0.476. The van der Waals surface area contributed by atoms with Crippen LogP contribution in [-0.2, 0) is 10.3 Å². The molecular weight excluding hydrogens is 226 g/mol. The third kappa shape index (κ3) is 1.40. The van der Waals surface area contributed by atoms with Crippen molar-refractivity contribution in [3.8, 4) is 0 Å². The second-order valence-corrected chi connectivity index (χ2v) is 5.43. The summed E-state index contributed by atoms with van der Waals surface area (Å²) in [6, 6.07) is 8.02. The number of carbonyl (C=O) groups is 1. The Morgan fingerprint density at radius 2 is 2.06 bits per heavy atom. The lowest BCUT2D eigenvalue weighted by Crippen LogP contribution is -2.40. The molecule has 0 aliphatic heterocycles. The average molecular weight is 243 g/mol. The highest BCUT2D eigenvalue weighted by Crippen LogP contribution is 2.46. The molecule has 3 nitrogen and oxygen atoms in total. The Balaban J connectivity index is 2.27. The number of carboxylic acids is 1. The van der Waals surface area contributed by atoms with Crippen LogP contribution < -0.4 is 0 Å². The minimum Gasteiger partial charge on any atom is -0.479 e. The zero-order valence-electron chi connectivity index (χ0n) is 10.7. The molecular formula is C15H17NO2. The SMILES string of the molecule is Cc1cn(C(C)(C(=O)O)C2CC2)c2ccccc12. The van der Waals surface area contributed by atoms with Crippen LogP contribution in [-0.4, -0.2) is 15.6 Å². The third-order valence-electron chi connectivity index (χ3n) is 4.22. The molecule has 1 unspecified atom stereocenters. The molecule has 0 saturated heterocycles. The molecule has 1 aromatic heterocycles. The van der Waals surface area contributed by atoms with Gasteiger partial charge in [-0.25, -0.2) is 4.79 Å². The van der Waals surface area contributed by atoms with Gasteiger partial charge in [-0.3, -0.25) is 0 Å². The summed E-state index contributed by atoms with van der Waals surface area (Å²) in [7, 11) is 0. The quantitative estimate of drug-likeness (QED) is 0.899. The monoisotopic (exact) mass is 243 g/mol. The van der Waals surface area contributed by atoms with Crippen molar-refractivity contribution in [2.75, 3.05) is 0 Å². The van der Waals surface area contributed by atoms with E-state index in [0.717, 1.165) is 29.3 Å². The topological polar surface area (TPSA) is 42.2 Å². The van der Waals surface area contributed by atoms with Gasteiger partial charge >= 0.3 is 5.97 Å². The van der Waals surface area contributed by atoms with Crippen LogP contribution in [0.25, 0.3) is 10.9 Å². The second kappa shape index (κ2) is 3.61. The van der Waals surface area contributed by atoms with E-state index < -0.39 is 11.5 Å². The maximum Gasteiger partial charge on any atom is 0.329 e. The summed E-state index contributed by atoms with van der Waals surface area (Å²) in [6.45, 7) is 3.88. The fraction of sp³-hybridized carbons (Fsp3) is 0.400. The summed E-state index contributed by atoms with van der Waals surface area (Å²) >= 11 is 0. The van der Waals surface area contributed by atoms with Gasteiger partial charge in [-0.15, -0.1) is 0 Å². The zero-order chi connectivity index (χ0) is 12.9. The largest absolute Gasteiger partial charge is 0.479 e. The zero-order valence-corrected chi connectivity index (χ0v) is 10.7. The highest BCUT2D eigenvalue weighted by molar-refractivity contribution is 5.87. The summed E-state index contributed by atoms with van der Waals surface area (Å²) in [6.07, 6.45) is 4.00. The predicted octanol–water partition coefficient (Wildman–Crippen LogP) is 3.16. The molecule has 94 valence electrons. The number of aromatic nitrogens is 1. The Morgan fingerprint density at radius 3 is 2.67 bits per heavy atom.